The fourth-order valence-corrected chi connectivity index (χ4v) is 1.44. The van der Waals surface area contributed by atoms with Crippen molar-refractivity contribution >= 4 is 12.3 Å². The van der Waals surface area contributed by atoms with Crippen molar-refractivity contribution in [3.8, 4) is 0 Å². The van der Waals surface area contributed by atoms with E-state index in [1.807, 2.05) is 0 Å². The zero-order valence-corrected chi connectivity index (χ0v) is 8.07. The molecule has 1 aliphatic carbocycles. The van der Waals surface area contributed by atoms with Crippen LogP contribution >= 0.6 is 0 Å². The van der Waals surface area contributed by atoms with Gasteiger partial charge in [0.05, 0.1) is 0 Å². The molecule has 0 fully saturated rings. The van der Waals surface area contributed by atoms with Crippen LogP contribution in [-0.2, 0) is 9.53 Å². The quantitative estimate of drug-likeness (QED) is 0.506. The number of allylic oxidation sites excluding steroid dienone is 2. The van der Waals surface area contributed by atoms with Crippen molar-refractivity contribution in [2.24, 2.45) is 0 Å². The Kier molecular flexibility index (Phi) is 2.49. The normalized spacial score (nSPS) is 24.7. The van der Waals surface area contributed by atoms with Gasteiger partial charge < -0.3 is 4.74 Å². The average molecular weight is 231 g/mol. The Morgan fingerprint density at radius 1 is 1.38 bits per heavy atom. The summed E-state index contributed by atoms with van der Waals surface area (Å²) in [5, 5.41) is 0. The maximum atomic E-state index is 12.3. The lowest BCUT2D eigenvalue weighted by Gasteiger charge is -2.13. The minimum atomic E-state index is -4.68. The van der Waals surface area contributed by atoms with E-state index in [1.54, 1.807) is 24.3 Å². The summed E-state index contributed by atoms with van der Waals surface area (Å²) >= 11 is 0. The largest absolute Gasteiger partial charge is 0.464 e. The third-order valence-electron chi connectivity index (χ3n) is 2.19. The molecule has 0 radical (unpaired) electrons. The second kappa shape index (κ2) is 3.70. The molecule has 1 aliphatic heterocycles. The molecule has 0 aromatic rings. The molecule has 0 bridgehead atoms. The van der Waals surface area contributed by atoms with E-state index in [2.05, 4.69) is 4.74 Å². The number of halogens is 3. The molecular formula is C10H8F3NO2. The molecule has 16 heavy (non-hydrogen) atoms. The number of hydrogen-bond donors (Lipinski definition) is 0. The molecule has 3 nitrogen and oxygen atoms in total. The van der Waals surface area contributed by atoms with E-state index in [0.29, 0.717) is 12.5 Å². The van der Waals surface area contributed by atoms with Crippen LogP contribution in [0.2, 0.25) is 0 Å². The van der Waals surface area contributed by atoms with Crippen LogP contribution < -0.4 is 0 Å². The lowest BCUT2D eigenvalue weighted by Crippen LogP contribution is -2.38. The molecule has 86 valence electrons. The molecule has 0 aromatic carbocycles. The van der Waals surface area contributed by atoms with E-state index in [1.165, 1.54) is 0 Å². The molecule has 0 saturated heterocycles. The Labute approximate surface area is 89.5 Å². The molecule has 0 spiro atoms. The molecule has 1 atom stereocenters. The summed E-state index contributed by atoms with van der Waals surface area (Å²) in [7, 11) is 0. The number of nitrogens with zero attached hydrogens (tertiary/aromatic N) is 1. The highest BCUT2D eigenvalue weighted by Gasteiger charge is 2.53. The molecule has 0 aromatic heterocycles. The van der Waals surface area contributed by atoms with Crippen molar-refractivity contribution in [1.82, 2.24) is 0 Å². The molecule has 1 heterocycles. The van der Waals surface area contributed by atoms with Gasteiger partial charge >= 0.3 is 12.1 Å². The van der Waals surface area contributed by atoms with Crippen LogP contribution in [0.15, 0.2) is 24.3 Å². The maximum absolute atomic E-state index is 12.3. The molecule has 0 saturated carbocycles. The monoisotopic (exact) mass is 231 g/mol. The standard InChI is InChI=1S/C10H8F3NO2/c11-10(12,13)8-9(15)14(6-16-8)7-4-2-1-3-5-7/h2-6,8H,1H2. The van der Waals surface area contributed by atoms with Gasteiger partial charge in [0, 0.05) is 0 Å². The first-order valence-electron chi connectivity index (χ1n) is 4.59. The van der Waals surface area contributed by atoms with Crippen LogP contribution in [0.5, 0.6) is 0 Å². The van der Waals surface area contributed by atoms with Crippen LogP contribution in [0.3, 0.4) is 0 Å². The summed E-state index contributed by atoms with van der Waals surface area (Å²) in [6, 6.07) is 0.378. The first kappa shape index (κ1) is 10.8. The summed E-state index contributed by atoms with van der Waals surface area (Å²) in [5.41, 5.74) is 0. The van der Waals surface area contributed by atoms with Crippen molar-refractivity contribution in [2.45, 2.75) is 18.7 Å². The van der Waals surface area contributed by atoms with Gasteiger partial charge in [0.1, 0.15) is 6.04 Å². The predicted octanol–water partition coefficient (Wildman–Crippen LogP) is 1.56. The molecule has 6 heteroatoms. The Hall–Kier alpha value is -1.72. The lowest BCUT2D eigenvalue weighted by molar-refractivity contribution is -0.415. The Bertz CT molecular complexity index is 383. The highest BCUT2D eigenvalue weighted by Crippen LogP contribution is 2.28. The summed E-state index contributed by atoms with van der Waals surface area (Å²) < 4.78 is 42.1. The van der Waals surface area contributed by atoms with E-state index in [9.17, 15) is 18.0 Å². The van der Waals surface area contributed by atoms with Gasteiger partial charge in [0.2, 0.25) is 0 Å². The maximum Gasteiger partial charge on any atom is 0.431 e. The van der Waals surface area contributed by atoms with Gasteiger partial charge in [-0.25, -0.2) is 0 Å². The van der Waals surface area contributed by atoms with Crippen molar-refractivity contribution in [2.75, 3.05) is 0 Å². The van der Waals surface area contributed by atoms with Gasteiger partial charge in [-0.15, -0.1) is 12.2 Å². The van der Waals surface area contributed by atoms with Crippen LogP contribution in [-0.4, -0.2) is 29.2 Å². The van der Waals surface area contributed by atoms with Gasteiger partial charge in [-0.3, -0.25) is 4.79 Å². The molecule has 1 amide bonds. The number of ether oxygens (including phenoxy) is 1. The Morgan fingerprint density at radius 2 is 2.00 bits per heavy atom. The smallest absolute Gasteiger partial charge is 0.431 e. The molecule has 2 rings (SSSR count). The first-order valence-corrected chi connectivity index (χ1v) is 4.59. The molecule has 2 aliphatic rings. The van der Waals surface area contributed by atoms with Gasteiger partial charge in [-0.1, -0.05) is 18.6 Å². The van der Waals surface area contributed by atoms with E-state index < -0.39 is 18.2 Å². The zero-order chi connectivity index (χ0) is 11.8. The number of amides is 1. The van der Waals surface area contributed by atoms with Gasteiger partial charge in [0.15, 0.2) is 0 Å². The van der Waals surface area contributed by atoms with E-state index >= 15 is 0 Å². The van der Waals surface area contributed by atoms with Gasteiger partial charge in [0.25, 0.3) is 12.5 Å². The second-order valence-electron chi connectivity index (χ2n) is 3.34. The molecule has 1 unspecified atom stereocenters. The van der Waals surface area contributed by atoms with E-state index in [-0.39, 0.29) is 0 Å². The van der Waals surface area contributed by atoms with Crippen molar-refractivity contribution in [3.63, 3.8) is 0 Å². The van der Waals surface area contributed by atoms with Crippen LogP contribution in [0.4, 0.5) is 13.2 Å². The number of carbonyl (C=O) groups excluding carboxylic acids is 1. The molecular weight excluding hydrogens is 223 g/mol. The van der Waals surface area contributed by atoms with Crippen LogP contribution in [0, 0.1) is 6.04 Å². The lowest BCUT2D eigenvalue weighted by atomic mass is 10.1. The number of rotatable bonds is 1. The Balaban J connectivity index is 2.15. The van der Waals surface area contributed by atoms with Gasteiger partial charge in [-0.05, 0) is 0 Å². The van der Waals surface area contributed by atoms with Crippen molar-refractivity contribution < 1.29 is 27.3 Å². The predicted molar refractivity (Wildman–Crippen MR) is 48.4 cm³/mol. The van der Waals surface area contributed by atoms with Gasteiger partial charge in [-0.2, -0.15) is 17.7 Å². The third kappa shape index (κ3) is 1.82. The topological polar surface area (TPSA) is 29.3 Å². The minimum Gasteiger partial charge on any atom is -0.464 e. The van der Waals surface area contributed by atoms with Crippen molar-refractivity contribution in [1.29, 1.82) is 0 Å². The number of carbonyl (C=O) groups is 1. The minimum absolute atomic E-state index is 0.378. The van der Waals surface area contributed by atoms with E-state index in [0.717, 1.165) is 11.0 Å². The summed E-state index contributed by atoms with van der Waals surface area (Å²) in [6.45, 7) is 0. The fourth-order valence-electron chi connectivity index (χ4n) is 1.44. The summed E-state index contributed by atoms with van der Waals surface area (Å²) in [4.78, 5) is 11.4. The number of hydrogen-bond acceptors (Lipinski definition) is 2. The van der Waals surface area contributed by atoms with Crippen molar-refractivity contribution in [3.05, 3.63) is 30.3 Å². The van der Waals surface area contributed by atoms with Crippen LogP contribution in [0.1, 0.15) is 6.42 Å². The first-order chi connectivity index (χ1) is 7.50. The molecule has 0 N–H and O–H groups in total. The Morgan fingerprint density at radius 3 is 2.50 bits per heavy atom. The fraction of sp³-hybridized carbons (Fsp3) is 0.300. The van der Waals surface area contributed by atoms with Crippen LogP contribution in [0.25, 0.3) is 0 Å². The zero-order valence-electron chi connectivity index (χ0n) is 8.07. The van der Waals surface area contributed by atoms with E-state index in [4.69, 9.17) is 0 Å². The third-order valence-corrected chi connectivity index (χ3v) is 2.19. The second-order valence-corrected chi connectivity index (χ2v) is 3.34. The SMILES string of the molecule is O=C1C(C(F)(F)F)OC=[N+]1[C-]1C=CCC=C1. The summed E-state index contributed by atoms with van der Waals surface area (Å²) in [6.07, 6.45) is 1.10. The number of alkyl halides is 3. The average Bonchev–Trinajstić information content (AvgIpc) is 2.61. The highest BCUT2D eigenvalue weighted by molar-refractivity contribution is 5.82. The summed E-state index contributed by atoms with van der Waals surface area (Å²) in [5.74, 6) is -1.11. The highest BCUT2D eigenvalue weighted by atomic mass is 19.4.